The normalized spacial score (nSPS) is 14.7. The van der Waals surface area contributed by atoms with Crippen LogP contribution in [0.3, 0.4) is 0 Å². The summed E-state index contributed by atoms with van der Waals surface area (Å²) in [6, 6.07) is 4.48. The number of imide groups is 1. The lowest BCUT2D eigenvalue weighted by Gasteiger charge is -2.09. The summed E-state index contributed by atoms with van der Waals surface area (Å²) in [6.07, 6.45) is 0. The average molecular weight is 296 g/mol. The van der Waals surface area contributed by atoms with E-state index in [1.165, 1.54) is 18.2 Å². The third kappa shape index (κ3) is 2.35. The molecule has 0 atom stereocenters. The molecule has 8 heteroatoms. The van der Waals surface area contributed by atoms with Crippen LogP contribution in [0.15, 0.2) is 23.2 Å². The third-order valence-electron chi connectivity index (χ3n) is 2.67. The lowest BCUT2D eigenvalue weighted by atomic mass is 10.1. The Hall–Kier alpha value is -2.41. The summed E-state index contributed by atoms with van der Waals surface area (Å²) in [6.45, 7) is -0.694. The number of hydrogen-bond donors (Lipinski definition) is 2. The zero-order valence-electron chi connectivity index (χ0n) is 10.2. The van der Waals surface area contributed by atoms with Crippen LogP contribution in [0.2, 0.25) is 0 Å². The van der Waals surface area contributed by atoms with Crippen LogP contribution in [0, 0.1) is 0 Å². The van der Waals surface area contributed by atoms with E-state index in [1.807, 2.05) is 0 Å². The quantitative estimate of drug-likeness (QED) is 0.365. The van der Waals surface area contributed by atoms with Gasteiger partial charge in [0.2, 0.25) is 0 Å². The highest BCUT2D eigenvalue weighted by atomic mass is 35.5. The predicted molar refractivity (Wildman–Crippen MR) is 71.4 cm³/mol. The molecule has 0 radical (unpaired) electrons. The number of amides is 2. The number of aliphatic imine (C=N–C) groups is 1. The minimum atomic E-state index is -1.27. The fraction of sp³-hybridized carbons (Fsp3) is 0.167. The lowest BCUT2D eigenvalue weighted by molar-refractivity contribution is -0.137. The molecule has 0 bridgehead atoms. The van der Waals surface area contributed by atoms with Crippen LogP contribution in [0.1, 0.15) is 20.7 Å². The zero-order valence-corrected chi connectivity index (χ0v) is 10.9. The van der Waals surface area contributed by atoms with E-state index >= 15 is 0 Å². The Kier molecular flexibility index (Phi) is 3.71. The van der Waals surface area contributed by atoms with Crippen molar-refractivity contribution in [1.82, 2.24) is 4.90 Å². The standard InChI is InChI=1S/C12H10ClN3O4/c13-4-8(14)15-7-3-1-2-6-10(7)12(20)16(11(6)19)5-9(17)18/h1-3H,4-5H2,(H2,14,15)(H,17,18). The van der Waals surface area contributed by atoms with Gasteiger partial charge >= 0.3 is 5.97 Å². The van der Waals surface area contributed by atoms with E-state index in [4.69, 9.17) is 22.4 Å². The second-order valence-electron chi connectivity index (χ2n) is 4.03. The molecule has 0 spiro atoms. The van der Waals surface area contributed by atoms with Gasteiger partial charge in [-0.1, -0.05) is 6.07 Å². The maximum absolute atomic E-state index is 12.1. The van der Waals surface area contributed by atoms with Gasteiger partial charge in [-0.15, -0.1) is 11.6 Å². The average Bonchev–Trinajstić information content (AvgIpc) is 2.64. The van der Waals surface area contributed by atoms with Gasteiger partial charge in [-0.3, -0.25) is 19.3 Å². The molecule has 3 N–H and O–H groups in total. The number of nitrogens with two attached hydrogens (primary N) is 1. The molecule has 1 aromatic carbocycles. The van der Waals surface area contributed by atoms with Gasteiger partial charge in [0.15, 0.2) is 0 Å². The number of carbonyl (C=O) groups is 3. The van der Waals surface area contributed by atoms with E-state index in [2.05, 4.69) is 4.99 Å². The van der Waals surface area contributed by atoms with E-state index in [1.54, 1.807) is 0 Å². The van der Waals surface area contributed by atoms with E-state index < -0.39 is 24.3 Å². The Morgan fingerprint density at radius 3 is 2.65 bits per heavy atom. The Balaban J connectivity index is 2.50. The van der Waals surface area contributed by atoms with Crippen LogP contribution in [0.4, 0.5) is 5.69 Å². The van der Waals surface area contributed by atoms with Crippen molar-refractivity contribution < 1.29 is 19.5 Å². The monoisotopic (exact) mass is 295 g/mol. The number of rotatable bonds is 4. The molecule has 1 aromatic rings. The number of carboxylic acids is 1. The van der Waals surface area contributed by atoms with E-state index in [9.17, 15) is 14.4 Å². The van der Waals surface area contributed by atoms with Gasteiger partial charge in [-0.2, -0.15) is 0 Å². The van der Waals surface area contributed by atoms with Crippen LogP contribution < -0.4 is 5.73 Å². The smallest absolute Gasteiger partial charge is 0.323 e. The maximum atomic E-state index is 12.1. The molecule has 2 rings (SSSR count). The summed E-state index contributed by atoms with van der Waals surface area (Å²) in [5.74, 6) is -2.56. The number of carboxylic acid groups (broad SMARTS) is 1. The molecule has 0 unspecified atom stereocenters. The van der Waals surface area contributed by atoms with Crippen molar-refractivity contribution in [2.45, 2.75) is 0 Å². The molecule has 0 fully saturated rings. The molecule has 0 aromatic heterocycles. The summed E-state index contributed by atoms with van der Waals surface area (Å²) in [5.41, 5.74) is 5.87. The van der Waals surface area contributed by atoms with Gasteiger partial charge in [0.1, 0.15) is 12.4 Å². The number of carbonyl (C=O) groups excluding carboxylic acids is 2. The minimum absolute atomic E-state index is 0.0232. The molecule has 7 nitrogen and oxygen atoms in total. The number of aliphatic carboxylic acids is 1. The molecule has 0 aliphatic carbocycles. The first-order chi connectivity index (χ1) is 9.45. The van der Waals surface area contributed by atoms with Crippen molar-refractivity contribution in [3.8, 4) is 0 Å². The molecular formula is C12H10ClN3O4. The van der Waals surface area contributed by atoms with Crippen molar-refractivity contribution in [2.24, 2.45) is 10.7 Å². The van der Waals surface area contributed by atoms with Crippen LogP contribution in [0.5, 0.6) is 0 Å². The minimum Gasteiger partial charge on any atom is -0.480 e. The number of fused-ring (bicyclic) bond motifs is 1. The van der Waals surface area contributed by atoms with Gasteiger partial charge < -0.3 is 10.8 Å². The SMILES string of the molecule is NC(CCl)=Nc1cccc2c1C(=O)N(CC(=O)O)C2=O. The number of halogens is 1. The second kappa shape index (κ2) is 5.30. The molecule has 1 heterocycles. The topological polar surface area (TPSA) is 113 Å². The van der Waals surface area contributed by atoms with Crippen molar-refractivity contribution in [2.75, 3.05) is 12.4 Å². The summed E-state index contributed by atoms with van der Waals surface area (Å²) >= 11 is 5.52. The highest BCUT2D eigenvalue weighted by molar-refractivity contribution is 6.28. The van der Waals surface area contributed by atoms with E-state index in [0.717, 1.165) is 0 Å². The summed E-state index contributed by atoms with van der Waals surface area (Å²) in [5, 5.41) is 8.73. The summed E-state index contributed by atoms with van der Waals surface area (Å²) in [7, 11) is 0. The Bertz CT molecular complexity index is 642. The predicted octanol–water partition coefficient (Wildman–Crippen LogP) is 0.595. The van der Waals surface area contributed by atoms with Crippen LogP contribution in [-0.4, -0.2) is 46.1 Å². The van der Waals surface area contributed by atoms with Crippen LogP contribution >= 0.6 is 11.6 Å². The largest absolute Gasteiger partial charge is 0.480 e. The summed E-state index contributed by atoms with van der Waals surface area (Å²) < 4.78 is 0. The Labute approximate surface area is 118 Å². The molecule has 2 amide bonds. The number of nitrogens with zero attached hydrogens (tertiary/aromatic N) is 2. The first-order valence-electron chi connectivity index (χ1n) is 5.55. The highest BCUT2D eigenvalue weighted by Crippen LogP contribution is 2.31. The maximum Gasteiger partial charge on any atom is 0.323 e. The Morgan fingerprint density at radius 2 is 2.05 bits per heavy atom. The fourth-order valence-electron chi connectivity index (χ4n) is 1.87. The van der Waals surface area contributed by atoms with Gasteiger partial charge in [0.25, 0.3) is 11.8 Å². The third-order valence-corrected chi connectivity index (χ3v) is 2.95. The lowest BCUT2D eigenvalue weighted by Crippen LogP contribution is -2.34. The molecular weight excluding hydrogens is 286 g/mol. The van der Waals surface area contributed by atoms with Crippen molar-refractivity contribution in [3.63, 3.8) is 0 Å². The van der Waals surface area contributed by atoms with E-state index in [-0.39, 0.29) is 28.5 Å². The molecule has 20 heavy (non-hydrogen) atoms. The Morgan fingerprint density at radius 1 is 1.35 bits per heavy atom. The van der Waals surface area contributed by atoms with E-state index in [0.29, 0.717) is 4.90 Å². The van der Waals surface area contributed by atoms with Gasteiger partial charge in [-0.05, 0) is 12.1 Å². The van der Waals surface area contributed by atoms with Gasteiger partial charge in [-0.25, -0.2) is 4.99 Å². The van der Waals surface area contributed by atoms with Crippen molar-refractivity contribution in [1.29, 1.82) is 0 Å². The van der Waals surface area contributed by atoms with Crippen LogP contribution in [-0.2, 0) is 4.79 Å². The van der Waals surface area contributed by atoms with Crippen molar-refractivity contribution in [3.05, 3.63) is 29.3 Å². The first kappa shape index (κ1) is 14.0. The number of hydrogen-bond acceptors (Lipinski definition) is 4. The highest BCUT2D eigenvalue weighted by Gasteiger charge is 2.38. The first-order valence-corrected chi connectivity index (χ1v) is 6.09. The molecule has 104 valence electrons. The molecule has 1 aliphatic heterocycles. The molecule has 0 saturated heterocycles. The van der Waals surface area contributed by atoms with Crippen LogP contribution in [0.25, 0.3) is 0 Å². The number of alkyl halides is 1. The van der Waals surface area contributed by atoms with Gasteiger partial charge in [0, 0.05) is 0 Å². The summed E-state index contributed by atoms with van der Waals surface area (Å²) in [4.78, 5) is 39.4. The number of amidine groups is 1. The number of benzene rings is 1. The zero-order chi connectivity index (χ0) is 14.9. The van der Waals surface area contributed by atoms with Crippen molar-refractivity contribution >= 4 is 40.9 Å². The van der Waals surface area contributed by atoms with Gasteiger partial charge in [0.05, 0.1) is 22.7 Å². The molecule has 0 saturated carbocycles. The molecule has 1 aliphatic rings. The second-order valence-corrected chi connectivity index (χ2v) is 4.29. The fourth-order valence-corrected chi connectivity index (χ4v) is 1.93.